The zero-order chi connectivity index (χ0) is 11.1. The summed E-state index contributed by atoms with van der Waals surface area (Å²) >= 11 is 0. The van der Waals surface area contributed by atoms with Crippen LogP contribution in [0, 0.1) is 0 Å². The Labute approximate surface area is 88.5 Å². The highest BCUT2D eigenvalue weighted by Crippen LogP contribution is 2.01. The van der Waals surface area contributed by atoms with Crippen molar-refractivity contribution in [3.05, 3.63) is 35.9 Å². The van der Waals surface area contributed by atoms with Gasteiger partial charge in [-0.3, -0.25) is 0 Å². The zero-order valence-corrected chi connectivity index (χ0v) is 8.77. The Bertz CT molecular complexity index is 346. The topological polar surface area (TPSA) is 47.9 Å². The van der Waals surface area contributed by atoms with E-state index in [4.69, 9.17) is 4.74 Å². The van der Waals surface area contributed by atoms with Crippen LogP contribution in [-0.2, 0) is 9.57 Å². The molecule has 15 heavy (non-hydrogen) atoms. The van der Waals surface area contributed by atoms with Gasteiger partial charge in [0.1, 0.15) is 0 Å². The number of oxime groups is 1. The number of nitrogens with zero attached hydrogens (tertiary/aromatic N) is 1. The summed E-state index contributed by atoms with van der Waals surface area (Å²) in [5.74, 6) is -0.156. The molecule has 0 aromatic heterocycles. The van der Waals surface area contributed by atoms with Crippen LogP contribution in [0.4, 0.5) is 0 Å². The lowest BCUT2D eigenvalue weighted by Gasteiger charge is -2.00. The van der Waals surface area contributed by atoms with E-state index >= 15 is 0 Å². The maximum Gasteiger partial charge on any atom is 0.365 e. The van der Waals surface area contributed by atoms with Crippen LogP contribution in [0.15, 0.2) is 35.5 Å². The lowest BCUT2D eigenvalue weighted by molar-refractivity contribution is 0.0501. The van der Waals surface area contributed by atoms with Gasteiger partial charge in [0.25, 0.3) is 0 Å². The SMILES string of the molecule is CCO/C(C)=N/OC(=O)c1ccccc1. The van der Waals surface area contributed by atoms with Gasteiger partial charge >= 0.3 is 5.97 Å². The number of ether oxygens (including phenoxy) is 1. The smallest absolute Gasteiger partial charge is 0.365 e. The summed E-state index contributed by atoms with van der Waals surface area (Å²) < 4.78 is 5.00. The molecule has 0 bridgehead atoms. The minimum absolute atomic E-state index is 0.335. The van der Waals surface area contributed by atoms with Crippen molar-refractivity contribution in [2.45, 2.75) is 13.8 Å². The molecule has 0 radical (unpaired) electrons. The van der Waals surface area contributed by atoms with Gasteiger partial charge in [0.15, 0.2) is 0 Å². The van der Waals surface area contributed by atoms with E-state index in [2.05, 4.69) is 9.99 Å². The number of carbonyl (C=O) groups excluding carboxylic acids is 1. The molecule has 0 aliphatic heterocycles. The Kier molecular flexibility index (Phi) is 4.34. The van der Waals surface area contributed by atoms with E-state index in [1.807, 2.05) is 13.0 Å². The molecule has 0 aliphatic carbocycles. The average molecular weight is 207 g/mol. The zero-order valence-electron chi connectivity index (χ0n) is 8.77. The van der Waals surface area contributed by atoms with E-state index in [9.17, 15) is 4.79 Å². The van der Waals surface area contributed by atoms with E-state index in [0.717, 1.165) is 0 Å². The Hall–Kier alpha value is -1.84. The second kappa shape index (κ2) is 5.80. The van der Waals surface area contributed by atoms with Crippen molar-refractivity contribution in [1.29, 1.82) is 0 Å². The lowest BCUT2D eigenvalue weighted by atomic mass is 10.2. The molecule has 0 heterocycles. The van der Waals surface area contributed by atoms with Crippen molar-refractivity contribution in [1.82, 2.24) is 0 Å². The summed E-state index contributed by atoms with van der Waals surface area (Å²) in [6.07, 6.45) is 0. The van der Waals surface area contributed by atoms with E-state index in [0.29, 0.717) is 18.1 Å². The summed E-state index contributed by atoms with van der Waals surface area (Å²) in [5, 5.41) is 3.54. The van der Waals surface area contributed by atoms with Crippen molar-refractivity contribution in [3.63, 3.8) is 0 Å². The van der Waals surface area contributed by atoms with Gasteiger partial charge in [0.2, 0.25) is 5.90 Å². The van der Waals surface area contributed by atoms with Gasteiger partial charge in [-0.2, -0.15) is 0 Å². The van der Waals surface area contributed by atoms with Gasteiger partial charge in [-0.1, -0.05) is 18.2 Å². The van der Waals surface area contributed by atoms with Crippen LogP contribution in [-0.4, -0.2) is 18.5 Å². The second-order valence-electron chi connectivity index (χ2n) is 2.79. The standard InChI is InChI=1S/C11H13NO3/c1-3-14-9(2)12-15-11(13)10-7-5-4-6-8-10/h4-8H,3H2,1-2H3/b12-9+. The summed E-state index contributed by atoms with van der Waals surface area (Å²) in [4.78, 5) is 16.0. The van der Waals surface area contributed by atoms with E-state index in [-0.39, 0.29) is 0 Å². The molecule has 0 spiro atoms. The minimum atomic E-state index is -0.491. The maximum atomic E-state index is 11.4. The second-order valence-corrected chi connectivity index (χ2v) is 2.79. The van der Waals surface area contributed by atoms with Crippen molar-refractivity contribution in [2.24, 2.45) is 5.16 Å². The number of carbonyl (C=O) groups is 1. The Balaban J connectivity index is 2.54. The molecule has 0 saturated carbocycles. The van der Waals surface area contributed by atoms with Crippen LogP contribution in [0.2, 0.25) is 0 Å². The third-order valence-corrected chi connectivity index (χ3v) is 1.62. The molecule has 4 nitrogen and oxygen atoms in total. The van der Waals surface area contributed by atoms with Crippen LogP contribution < -0.4 is 0 Å². The summed E-state index contributed by atoms with van der Waals surface area (Å²) in [6, 6.07) is 8.67. The highest BCUT2D eigenvalue weighted by molar-refractivity contribution is 5.89. The van der Waals surface area contributed by atoms with Crippen molar-refractivity contribution in [2.75, 3.05) is 6.61 Å². The fraction of sp³-hybridized carbons (Fsp3) is 0.273. The van der Waals surface area contributed by atoms with Crippen LogP contribution >= 0.6 is 0 Å². The Morgan fingerprint density at radius 1 is 1.33 bits per heavy atom. The van der Waals surface area contributed by atoms with Gasteiger partial charge < -0.3 is 9.57 Å². The maximum absolute atomic E-state index is 11.4. The molecule has 0 fully saturated rings. The summed E-state index contributed by atoms with van der Waals surface area (Å²) in [7, 11) is 0. The third-order valence-electron chi connectivity index (χ3n) is 1.62. The van der Waals surface area contributed by atoms with Crippen molar-refractivity contribution >= 4 is 11.9 Å². The first-order chi connectivity index (χ1) is 7.24. The van der Waals surface area contributed by atoms with Gasteiger partial charge in [0.05, 0.1) is 12.2 Å². The molecule has 1 aromatic carbocycles. The van der Waals surface area contributed by atoms with E-state index in [1.165, 1.54) is 0 Å². The minimum Gasteiger partial charge on any atom is -0.479 e. The lowest BCUT2D eigenvalue weighted by Crippen LogP contribution is -2.05. The number of hydrogen-bond donors (Lipinski definition) is 0. The molecule has 0 saturated heterocycles. The molecule has 0 unspecified atom stereocenters. The number of rotatable bonds is 3. The van der Waals surface area contributed by atoms with Crippen LogP contribution in [0.5, 0.6) is 0 Å². The van der Waals surface area contributed by atoms with Gasteiger partial charge in [0, 0.05) is 6.92 Å². The van der Waals surface area contributed by atoms with Crippen LogP contribution in [0.3, 0.4) is 0 Å². The first-order valence-electron chi connectivity index (χ1n) is 4.68. The van der Waals surface area contributed by atoms with Crippen LogP contribution in [0.1, 0.15) is 24.2 Å². The Morgan fingerprint density at radius 2 is 2.00 bits per heavy atom. The number of hydrogen-bond acceptors (Lipinski definition) is 4. The highest BCUT2D eigenvalue weighted by atomic mass is 16.7. The fourth-order valence-corrected chi connectivity index (χ4v) is 0.968. The molecule has 0 N–H and O–H groups in total. The monoisotopic (exact) mass is 207 g/mol. The molecular weight excluding hydrogens is 194 g/mol. The molecule has 4 heteroatoms. The molecule has 80 valence electrons. The van der Waals surface area contributed by atoms with E-state index in [1.54, 1.807) is 31.2 Å². The molecule has 1 rings (SSSR count). The normalized spacial score (nSPS) is 10.9. The highest BCUT2D eigenvalue weighted by Gasteiger charge is 2.05. The first-order valence-corrected chi connectivity index (χ1v) is 4.68. The van der Waals surface area contributed by atoms with Gasteiger partial charge in [-0.25, -0.2) is 4.79 Å². The number of benzene rings is 1. The van der Waals surface area contributed by atoms with Crippen molar-refractivity contribution < 1.29 is 14.4 Å². The molecule has 0 aliphatic rings. The fourth-order valence-electron chi connectivity index (χ4n) is 0.968. The Morgan fingerprint density at radius 3 is 2.60 bits per heavy atom. The first kappa shape index (κ1) is 11.2. The van der Waals surface area contributed by atoms with Crippen LogP contribution in [0.25, 0.3) is 0 Å². The molecule has 0 amide bonds. The average Bonchev–Trinajstić information content (AvgIpc) is 2.27. The largest absolute Gasteiger partial charge is 0.479 e. The summed E-state index contributed by atoms with van der Waals surface area (Å²) in [6.45, 7) is 3.96. The summed E-state index contributed by atoms with van der Waals surface area (Å²) in [5.41, 5.74) is 0.463. The quantitative estimate of drug-likeness (QED) is 0.330. The molecular formula is C11H13NO3. The molecule has 1 aromatic rings. The third kappa shape index (κ3) is 3.81. The van der Waals surface area contributed by atoms with Gasteiger partial charge in [-0.15, -0.1) is 0 Å². The predicted molar refractivity (Wildman–Crippen MR) is 56.6 cm³/mol. The van der Waals surface area contributed by atoms with Gasteiger partial charge in [-0.05, 0) is 24.2 Å². The van der Waals surface area contributed by atoms with E-state index < -0.39 is 5.97 Å². The molecule has 0 atom stereocenters. The predicted octanol–water partition coefficient (Wildman–Crippen LogP) is 2.21. The van der Waals surface area contributed by atoms with Crippen molar-refractivity contribution in [3.8, 4) is 0 Å².